The van der Waals surface area contributed by atoms with Gasteiger partial charge in [-0.3, -0.25) is 9.59 Å². The predicted molar refractivity (Wildman–Crippen MR) is 133 cm³/mol. The van der Waals surface area contributed by atoms with Gasteiger partial charge in [-0.15, -0.1) is 0 Å². The quantitative estimate of drug-likeness (QED) is 0.596. The van der Waals surface area contributed by atoms with Crippen molar-refractivity contribution >= 4 is 18.0 Å². The molecule has 2 aromatic carbocycles. The first kappa shape index (κ1) is 24.8. The zero-order chi connectivity index (χ0) is 25.2. The number of fused-ring (bicyclic) bond motifs is 3. The Morgan fingerprint density at radius 2 is 1.60 bits per heavy atom. The maximum absolute atomic E-state index is 13.4. The number of carbonyl (C=O) groups excluding carboxylic acids is 2. The minimum atomic E-state index is -1.12. The van der Waals surface area contributed by atoms with Crippen LogP contribution in [0.3, 0.4) is 0 Å². The van der Waals surface area contributed by atoms with E-state index >= 15 is 0 Å². The average molecular weight is 479 g/mol. The molecule has 0 radical (unpaired) electrons. The Bertz CT molecular complexity index is 1080. The fourth-order valence-corrected chi connectivity index (χ4v) is 5.35. The van der Waals surface area contributed by atoms with E-state index in [9.17, 15) is 19.5 Å². The highest BCUT2D eigenvalue weighted by atomic mass is 16.5. The highest BCUT2D eigenvalue weighted by Crippen LogP contribution is 2.44. The molecule has 1 unspecified atom stereocenters. The molecule has 2 amide bonds. The maximum atomic E-state index is 13.4. The number of hydrogen-bond donors (Lipinski definition) is 2. The van der Waals surface area contributed by atoms with Crippen LogP contribution in [-0.2, 0) is 14.3 Å². The number of benzene rings is 2. The molecule has 7 heteroatoms. The first-order valence-corrected chi connectivity index (χ1v) is 12.3. The van der Waals surface area contributed by atoms with Crippen LogP contribution in [0.15, 0.2) is 48.5 Å². The number of nitrogens with zero attached hydrogens (tertiary/aromatic N) is 1. The van der Waals surface area contributed by atoms with Crippen molar-refractivity contribution in [2.75, 3.05) is 19.7 Å². The number of ether oxygens (including phenoxy) is 1. The molecular formula is C28H34N2O5. The molecule has 0 bridgehead atoms. The molecule has 0 aromatic heterocycles. The van der Waals surface area contributed by atoms with E-state index in [1.54, 1.807) is 18.7 Å². The Kier molecular flexibility index (Phi) is 6.88. The Labute approximate surface area is 206 Å². The van der Waals surface area contributed by atoms with Crippen molar-refractivity contribution in [3.8, 4) is 11.1 Å². The van der Waals surface area contributed by atoms with Crippen LogP contribution in [0.25, 0.3) is 11.1 Å². The van der Waals surface area contributed by atoms with Crippen LogP contribution in [0.1, 0.15) is 63.5 Å². The first-order valence-electron chi connectivity index (χ1n) is 12.3. The molecule has 2 aromatic rings. The minimum Gasteiger partial charge on any atom is -0.481 e. The molecule has 0 saturated carbocycles. The lowest BCUT2D eigenvalue weighted by Crippen LogP contribution is -2.60. The van der Waals surface area contributed by atoms with Crippen LogP contribution in [0.5, 0.6) is 0 Å². The van der Waals surface area contributed by atoms with Gasteiger partial charge >= 0.3 is 12.1 Å². The summed E-state index contributed by atoms with van der Waals surface area (Å²) in [6, 6.07) is 16.3. The summed E-state index contributed by atoms with van der Waals surface area (Å²) in [5.41, 5.74) is 2.63. The molecule has 35 heavy (non-hydrogen) atoms. The summed E-state index contributed by atoms with van der Waals surface area (Å²) < 4.78 is 5.69. The van der Waals surface area contributed by atoms with Crippen LogP contribution in [-0.4, -0.2) is 53.2 Å². The van der Waals surface area contributed by atoms with E-state index in [2.05, 4.69) is 29.6 Å². The van der Waals surface area contributed by atoms with Crippen molar-refractivity contribution in [2.24, 2.45) is 5.41 Å². The Balaban J connectivity index is 1.42. The van der Waals surface area contributed by atoms with Gasteiger partial charge in [0, 0.05) is 19.0 Å². The molecular weight excluding hydrogens is 444 g/mol. The normalized spacial score (nSPS) is 18.2. The van der Waals surface area contributed by atoms with Gasteiger partial charge < -0.3 is 20.1 Å². The monoisotopic (exact) mass is 478 g/mol. The minimum absolute atomic E-state index is 0.0583. The van der Waals surface area contributed by atoms with Crippen molar-refractivity contribution in [2.45, 2.75) is 57.9 Å². The number of piperidine rings is 1. The number of nitrogens with one attached hydrogen (secondary N) is 1. The predicted octanol–water partition coefficient (Wildman–Crippen LogP) is 4.80. The summed E-state index contributed by atoms with van der Waals surface area (Å²) in [6.07, 6.45) is 1.32. The summed E-state index contributed by atoms with van der Waals surface area (Å²) in [5, 5.41) is 12.3. The second-order valence-electron chi connectivity index (χ2n) is 10.2. The standard InChI is InChI=1S/C28H34N2O5/c1-4-13-28(3,24(31)30-16-14-27(2,15-17-30)25(32)33)29-26(34)35-18-23-21-11-7-5-9-19(21)20-10-6-8-12-22(20)23/h5-12,23H,4,13-18H2,1-3H3,(H,29,34)(H,32,33). The largest absolute Gasteiger partial charge is 0.481 e. The van der Waals surface area contributed by atoms with Gasteiger partial charge in [0.1, 0.15) is 12.1 Å². The topological polar surface area (TPSA) is 95.9 Å². The van der Waals surface area contributed by atoms with E-state index in [0.717, 1.165) is 22.3 Å². The number of amides is 2. The number of carboxylic acid groups (broad SMARTS) is 1. The molecule has 0 spiro atoms. The summed E-state index contributed by atoms with van der Waals surface area (Å²) in [6.45, 7) is 6.29. The van der Waals surface area contributed by atoms with Gasteiger partial charge in [-0.1, -0.05) is 61.9 Å². The van der Waals surface area contributed by atoms with Gasteiger partial charge in [0.05, 0.1) is 5.41 Å². The van der Waals surface area contributed by atoms with E-state index in [-0.39, 0.29) is 18.4 Å². The second-order valence-corrected chi connectivity index (χ2v) is 10.2. The number of aliphatic carboxylic acids is 1. The average Bonchev–Trinajstić information content (AvgIpc) is 3.16. The van der Waals surface area contributed by atoms with E-state index in [1.807, 2.05) is 31.2 Å². The van der Waals surface area contributed by atoms with Gasteiger partial charge in [0.25, 0.3) is 0 Å². The van der Waals surface area contributed by atoms with E-state index in [1.165, 1.54) is 0 Å². The molecule has 1 atom stereocenters. The van der Waals surface area contributed by atoms with Crippen LogP contribution in [0.2, 0.25) is 0 Å². The van der Waals surface area contributed by atoms with Gasteiger partial charge in [0.15, 0.2) is 0 Å². The third-order valence-corrected chi connectivity index (χ3v) is 7.61. The first-order chi connectivity index (χ1) is 16.7. The van der Waals surface area contributed by atoms with Crippen molar-refractivity contribution in [1.29, 1.82) is 0 Å². The number of hydrogen-bond acceptors (Lipinski definition) is 4. The zero-order valence-electron chi connectivity index (χ0n) is 20.7. The zero-order valence-corrected chi connectivity index (χ0v) is 20.7. The molecule has 2 aliphatic rings. The van der Waals surface area contributed by atoms with Gasteiger partial charge in [0.2, 0.25) is 5.91 Å². The third-order valence-electron chi connectivity index (χ3n) is 7.61. The fraction of sp³-hybridized carbons (Fsp3) is 0.464. The van der Waals surface area contributed by atoms with Crippen molar-refractivity contribution in [1.82, 2.24) is 10.2 Å². The number of rotatable bonds is 7. The van der Waals surface area contributed by atoms with Gasteiger partial charge in [-0.05, 0) is 55.4 Å². The van der Waals surface area contributed by atoms with Gasteiger partial charge in [-0.25, -0.2) is 4.79 Å². The highest BCUT2D eigenvalue weighted by molar-refractivity contribution is 5.90. The SMILES string of the molecule is CCCC(C)(NC(=O)OCC1c2ccccc2-c2ccccc21)C(=O)N1CCC(C)(C(=O)O)CC1. The molecule has 1 fully saturated rings. The van der Waals surface area contributed by atoms with Crippen molar-refractivity contribution in [3.63, 3.8) is 0 Å². The third kappa shape index (κ3) is 4.77. The van der Waals surface area contributed by atoms with Crippen molar-refractivity contribution in [3.05, 3.63) is 59.7 Å². The molecule has 1 heterocycles. The molecule has 7 nitrogen and oxygen atoms in total. The van der Waals surface area contributed by atoms with Gasteiger partial charge in [-0.2, -0.15) is 0 Å². The number of carbonyl (C=O) groups is 3. The molecule has 2 N–H and O–H groups in total. The summed E-state index contributed by atoms with van der Waals surface area (Å²) >= 11 is 0. The van der Waals surface area contributed by atoms with E-state index < -0.39 is 23.0 Å². The summed E-state index contributed by atoms with van der Waals surface area (Å²) in [7, 11) is 0. The lowest BCUT2D eigenvalue weighted by atomic mass is 9.80. The molecule has 1 aliphatic carbocycles. The number of alkyl carbamates (subject to hydrolysis) is 1. The molecule has 4 rings (SSSR count). The van der Waals surface area contributed by atoms with Crippen LogP contribution < -0.4 is 5.32 Å². The van der Waals surface area contributed by atoms with Crippen LogP contribution in [0.4, 0.5) is 4.79 Å². The fourth-order valence-electron chi connectivity index (χ4n) is 5.35. The molecule has 186 valence electrons. The second kappa shape index (κ2) is 9.72. The highest BCUT2D eigenvalue weighted by Gasteiger charge is 2.43. The maximum Gasteiger partial charge on any atom is 0.408 e. The molecule has 1 saturated heterocycles. The lowest BCUT2D eigenvalue weighted by Gasteiger charge is -2.41. The summed E-state index contributed by atoms with van der Waals surface area (Å²) in [5.74, 6) is -1.09. The van der Waals surface area contributed by atoms with Crippen LogP contribution >= 0.6 is 0 Å². The van der Waals surface area contributed by atoms with Crippen LogP contribution in [0, 0.1) is 5.41 Å². The van der Waals surface area contributed by atoms with E-state index in [4.69, 9.17) is 4.74 Å². The van der Waals surface area contributed by atoms with Crippen molar-refractivity contribution < 1.29 is 24.2 Å². The molecule has 1 aliphatic heterocycles. The lowest BCUT2D eigenvalue weighted by molar-refractivity contribution is -0.154. The number of carboxylic acids is 1. The summed E-state index contributed by atoms with van der Waals surface area (Å²) in [4.78, 5) is 39.6. The number of likely N-dealkylation sites (tertiary alicyclic amines) is 1. The Hall–Kier alpha value is -3.35. The van der Waals surface area contributed by atoms with E-state index in [0.29, 0.717) is 38.8 Å². The smallest absolute Gasteiger partial charge is 0.408 e. The Morgan fingerprint density at radius 1 is 1.06 bits per heavy atom. The Morgan fingerprint density at radius 3 is 2.11 bits per heavy atom.